The molecule has 22 heavy (non-hydrogen) atoms. The van der Waals surface area contributed by atoms with E-state index in [1.165, 1.54) is 12.3 Å². The molecule has 3 rings (SSSR count). The molecular weight excluding hydrogens is 304 g/mol. The van der Waals surface area contributed by atoms with E-state index >= 15 is 0 Å². The van der Waals surface area contributed by atoms with Crippen LogP contribution < -0.4 is 4.90 Å². The lowest BCUT2D eigenvalue weighted by atomic mass is 9.69. The average molecular weight is 325 g/mol. The Balaban J connectivity index is 1.84. The SMILES string of the molecule is CC[C@]1(O)CCC[C@H]2CN(c3ncc(C(=O)O)cc3Cl)C[C@H]21. The predicted octanol–water partition coefficient (Wildman–Crippen LogP) is 2.81. The molecule has 1 saturated heterocycles. The Labute approximate surface area is 134 Å². The van der Waals surface area contributed by atoms with Crippen LogP contribution in [-0.2, 0) is 0 Å². The number of pyridine rings is 1. The lowest BCUT2D eigenvalue weighted by molar-refractivity contribution is -0.0597. The van der Waals surface area contributed by atoms with Crippen LogP contribution in [0.3, 0.4) is 0 Å². The Hall–Kier alpha value is -1.33. The van der Waals surface area contributed by atoms with Crippen molar-refractivity contribution < 1.29 is 15.0 Å². The number of hydrogen-bond donors (Lipinski definition) is 2. The Morgan fingerprint density at radius 2 is 2.32 bits per heavy atom. The van der Waals surface area contributed by atoms with E-state index in [0.29, 0.717) is 16.8 Å². The van der Waals surface area contributed by atoms with Crippen molar-refractivity contribution >= 4 is 23.4 Å². The van der Waals surface area contributed by atoms with Crippen LogP contribution in [0.15, 0.2) is 12.3 Å². The first kappa shape index (κ1) is 15.6. The molecule has 0 bridgehead atoms. The van der Waals surface area contributed by atoms with Gasteiger partial charge in [0.15, 0.2) is 0 Å². The average Bonchev–Trinajstić information content (AvgIpc) is 2.92. The summed E-state index contributed by atoms with van der Waals surface area (Å²) in [7, 11) is 0. The van der Waals surface area contributed by atoms with Gasteiger partial charge in [0.2, 0.25) is 0 Å². The Kier molecular flexibility index (Phi) is 4.03. The van der Waals surface area contributed by atoms with Crippen LogP contribution in [-0.4, -0.2) is 39.9 Å². The molecule has 5 nitrogen and oxygen atoms in total. The number of hydrogen-bond acceptors (Lipinski definition) is 4. The summed E-state index contributed by atoms with van der Waals surface area (Å²) in [6.45, 7) is 3.60. The van der Waals surface area contributed by atoms with Crippen LogP contribution >= 0.6 is 11.6 Å². The fraction of sp³-hybridized carbons (Fsp3) is 0.625. The van der Waals surface area contributed by atoms with Crippen LogP contribution in [0.25, 0.3) is 0 Å². The maximum atomic E-state index is 11.0. The number of fused-ring (bicyclic) bond motifs is 1. The molecule has 3 atom stereocenters. The fourth-order valence-corrected chi connectivity index (χ4v) is 4.31. The van der Waals surface area contributed by atoms with Gasteiger partial charge in [-0.05, 0) is 31.2 Å². The van der Waals surface area contributed by atoms with Crippen LogP contribution in [0.2, 0.25) is 5.02 Å². The van der Waals surface area contributed by atoms with Gasteiger partial charge < -0.3 is 15.1 Å². The molecule has 1 aliphatic heterocycles. The molecule has 1 aromatic heterocycles. The monoisotopic (exact) mass is 324 g/mol. The third kappa shape index (κ3) is 2.57. The van der Waals surface area contributed by atoms with Crippen molar-refractivity contribution in [3.63, 3.8) is 0 Å². The first-order valence-electron chi connectivity index (χ1n) is 7.81. The van der Waals surface area contributed by atoms with Gasteiger partial charge >= 0.3 is 5.97 Å². The Bertz CT molecular complexity index is 595. The highest BCUT2D eigenvalue weighted by Crippen LogP contribution is 2.45. The summed E-state index contributed by atoms with van der Waals surface area (Å²) in [4.78, 5) is 17.3. The standard InChI is InChI=1S/C16H21ClN2O3/c1-2-16(22)5-3-4-10-8-19(9-12(10)16)14-13(17)6-11(7-18-14)15(20)21/h6-7,10,12,22H,2-5,8-9H2,1H3,(H,20,21)/t10-,12+,16-/m0/s1. The number of aromatic nitrogens is 1. The minimum atomic E-state index is -1.03. The summed E-state index contributed by atoms with van der Waals surface area (Å²) < 4.78 is 0. The molecule has 0 radical (unpaired) electrons. The van der Waals surface area contributed by atoms with Gasteiger partial charge in [0.25, 0.3) is 0 Å². The summed E-state index contributed by atoms with van der Waals surface area (Å²) >= 11 is 6.23. The summed E-state index contributed by atoms with van der Waals surface area (Å²) in [5, 5.41) is 20.2. The van der Waals surface area contributed by atoms with Crippen molar-refractivity contribution in [1.82, 2.24) is 4.98 Å². The van der Waals surface area contributed by atoms with E-state index in [1.807, 2.05) is 6.92 Å². The van der Waals surface area contributed by atoms with Crippen molar-refractivity contribution in [1.29, 1.82) is 0 Å². The van der Waals surface area contributed by atoms with E-state index in [4.69, 9.17) is 16.7 Å². The molecule has 2 heterocycles. The fourth-order valence-electron chi connectivity index (χ4n) is 4.02. The number of carbonyl (C=O) groups is 1. The Morgan fingerprint density at radius 1 is 1.55 bits per heavy atom. The van der Waals surface area contributed by atoms with E-state index in [-0.39, 0.29) is 11.5 Å². The maximum Gasteiger partial charge on any atom is 0.337 e. The number of carboxylic acid groups (broad SMARTS) is 1. The number of aliphatic hydroxyl groups is 1. The van der Waals surface area contributed by atoms with Gasteiger partial charge in [-0.15, -0.1) is 0 Å². The van der Waals surface area contributed by atoms with Gasteiger partial charge in [-0.25, -0.2) is 9.78 Å². The molecule has 120 valence electrons. The number of halogens is 1. The van der Waals surface area contributed by atoms with Crippen molar-refractivity contribution in [2.24, 2.45) is 11.8 Å². The molecule has 1 saturated carbocycles. The molecule has 0 aromatic carbocycles. The highest BCUT2D eigenvalue weighted by molar-refractivity contribution is 6.33. The van der Waals surface area contributed by atoms with Gasteiger partial charge in [-0.3, -0.25) is 0 Å². The first-order chi connectivity index (χ1) is 10.4. The highest BCUT2D eigenvalue weighted by Gasteiger charge is 2.48. The normalized spacial score (nSPS) is 31.1. The van der Waals surface area contributed by atoms with Crippen LogP contribution in [0.5, 0.6) is 0 Å². The van der Waals surface area contributed by atoms with E-state index in [2.05, 4.69) is 9.88 Å². The third-order valence-corrected chi connectivity index (χ3v) is 5.57. The van der Waals surface area contributed by atoms with Crippen LogP contribution in [0.4, 0.5) is 5.82 Å². The van der Waals surface area contributed by atoms with Crippen molar-refractivity contribution in [2.45, 2.75) is 38.2 Å². The number of anilines is 1. The lowest BCUT2D eigenvalue weighted by Gasteiger charge is -2.40. The molecule has 1 aliphatic carbocycles. The second-order valence-electron chi connectivity index (χ2n) is 6.46. The summed E-state index contributed by atoms with van der Waals surface area (Å²) in [6.07, 6.45) is 5.14. The van der Waals surface area contributed by atoms with E-state index < -0.39 is 11.6 Å². The third-order valence-electron chi connectivity index (χ3n) is 5.30. The second kappa shape index (κ2) is 5.70. The molecule has 2 aliphatic rings. The molecular formula is C16H21ClN2O3. The van der Waals surface area contributed by atoms with Gasteiger partial charge in [0, 0.05) is 25.2 Å². The van der Waals surface area contributed by atoms with Gasteiger partial charge in [0.1, 0.15) is 5.82 Å². The number of aromatic carboxylic acids is 1. The highest BCUT2D eigenvalue weighted by atomic mass is 35.5. The van der Waals surface area contributed by atoms with Crippen molar-refractivity contribution in [2.75, 3.05) is 18.0 Å². The van der Waals surface area contributed by atoms with E-state index in [1.54, 1.807) is 0 Å². The van der Waals surface area contributed by atoms with Crippen LogP contribution in [0.1, 0.15) is 43.0 Å². The van der Waals surface area contributed by atoms with E-state index in [9.17, 15) is 9.90 Å². The van der Waals surface area contributed by atoms with Gasteiger partial charge in [-0.2, -0.15) is 0 Å². The van der Waals surface area contributed by atoms with Gasteiger partial charge in [-0.1, -0.05) is 24.9 Å². The van der Waals surface area contributed by atoms with Crippen molar-refractivity contribution in [3.8, 4) is 0 Å². The number of nitrogens with zero attached hydrogens (tertiary/aromatic N) is 2. The molecule has 6 heteroatoms. The zero-order valence-electron chi connectivity index (χ0n) is 12.6. The molecule has 0 amide bonds. The molecule has 0 unspecified atom stereocenters. The van der Waals surface area contributed by atoms with Crippen LogP contribution in [0, 0.1) is 11.8 Å². The van der Waals surface area contributed by atoms with E-state index in [0.717, 1.165) is 38.8 Å². The quantitative estimate of drug-likeness (QED) is 0.894. The molecule has 0 spiro atoms. The summed E-state index contributed by atoms with van der Waals surface area (Å²) in [5.74, 6) is 0.287. The molecule has 1 aromatic rings. The summed E-state index contributed by atoms with van der Waals surface area (Å²) in [6, 6.07) is 1.44. The predicted molar refractivity (Wildman–Crippen MR) is 84.5 cm³/mol. The Morgan fingerprint density at radius 3 is 2.95 bits per heavy atom. The zero-order valence-corrected chi connectivity index (χ0v) is 13.4. The number of carboxylic acids is 1. The summed E-state index contributed by atoms with van der Waals surface area (Å²) in [5.41, 5.74) is -0.499. The zero-order chi connectivity index (χ0) is 15.9. The maximum absolute atomic E-state index is 11.0. The topological polar surface area (TPSA) is 73.7 Å². The lowest BCUT2D eigenvalue weighted by Crippen LogP contribution is -2.44. The van der Waals surface area contributed by atoms with Crippen molar-refractivity contribution in [3.05, 3.63) is 22.8 Å². The minimum Gasteiger partial charge on any atom is -0.478 e. The van der Waals surface area contributed by atoms with Gasteiger partial charge in [0.05, 0.1) is 16.2 Å². The molecule has 2 fully saturated rings. The largest absolute Gasteiger partial charge is 0.478 e. The first-order valence-corrected chi connectivity index (χ1v) is 8.18. The number of rotatable bonds is 3. The second-order valence-corrected chi connectivity index (χ2v) is 6.86. The smallest absolute Gasteiger partial charge is 0.337 e. The minimum absolute atomic E-state index is 0.0930. The molecule has 2 N–H and O–H groups in total.